The summed E-state index contributed by atoms with van der Waals surface area (Å²) in [5, 5.41) is 37.2. The zero-order valence-corrected chi connectivity index (χ0v) is 19.7. The highest BCUT2D eigenvalue weighted by atomic mass is 35.5. The topological polar surface area (TPSA) is 144 Å². The molecule has 3 rings (SSSR count). The van der Waals surface area contributed by atoms with Gasteiger partial charge in [-0.3, -0.25) is 4.79 Å². The van der Waals surface area contributed by atoms with Crippen LogP contribution < -0.4 is 5.73 Å². The smallest absolute Gasteiger partial charge is 0.328 e. The molecular formula is C25H31ClN2O6. The van der Waals surface area contributed by atoms with Crippen molar-refractivity contribution in [3.8, 4) is 5.75 Å². The zero-order chi connectivity index (χ0) is 25.3. The largest absolute Gasteiger partial charge is 0.508 e. The fourth-order valence-corrected chi connectivity index (χ4v) is 3.87. The first-order chi connectivity index (χ1) is 16.1. The minimum atomic E-state index is -1.36. The molecule has 0 saturated carbocycles. The summed E-state index contributed by atoms with van der Waals surface area (Å²) in [6, 6.07) is 12.2. The van der Waals surface area contributed by atoms with Crippen LogP contribution in [0.2, 0.25) is 5.02 Å². The number of carbonyl (C=O) groups is 2. The molecule has 2 aromatic carbocycles. The Labute approximate surface area is 203 Å². The quantitative estimate of drug-likeness (QED) is 0.391. The van der Waals surface area contributed by atoms with Gasteiger partial charge in [0.1, 0.15) is 5.75 Å². The van der Waals surface area contributed by atoms with Crippen molar-refractivity contribution in [2.45, 2.75) is 31.9 Å². The minimum Gasteiger partial charge on any atom is -0.508 e. The third-order valence-corrected chi connectivity index (χ3v) is 6.11. The van der Waals surface area contributed by atoms with Gasteiger partial charge in [0.25, 0.3) is 5.91 Å². The summed E-state index contributed by atoms with van der Waals surface area (Å²) in [5.41, 5.74) is 8.59. The van der Waals surface area contributed by atoms with Gasteiger partial charge >= 0.3 is 5.97 Å². The fraction of sp³-hybridized carbons (Fsp3) is 0.360. The Bertz CT molecular complexity index is 990. The first kappa shape index (κ1) is 27.3. The van der Waals surface area contributed by atoms with E-state index in [1.54, 1.807) is 18.2 Å². The molecule has 0 bridgehead atoms. The van der Waals surface area contributed by atoms with Crippen molar-refractivity contribution in [1.29, 1.82) is 0 Å². The number of hydrogen-bond donors (Lipinski definition) is 5. The molecule has 0 aliphatic carbocycles. The SMILES string of the molecule is Cc1cc(O)c([C@H](N)C2CCN(C(=O)[C@H](O)CO)CC2)cc1Cl.O=C(O)C=Cc1ccccc1. The average Bonchev–Trinajstić information content (AvgIpc) is 2.84. The number of aliphatic hydroxyl groups is 2. The standard InChI is InChI=1S/C16H23ClN2O4.C9H8O2/c1-9-6-13(21)11(7-12(9)17)15(18)10-2-4-19(5-3-10)16(23)14(22)8-20;10-9(11)7-6-8-4-2-1-3-5-8/h6-7,10,14-15,20-22H,2-5,8,18H2,1H3;1-7H,(H,10,11)/t14-,15-;/m1./s1. The fourth-order valence-electron chi connectivity index (χ4n) is 3.70. The number of aliphatic hydroxyl groups excluding tert-OH is 2. The maximum absolute atomic E-state index is 11.8. The van der Waals surface area contributed by atoms with Crippen molar-refractivity contribution in [3.63, 3.8) is 0 Å². The zero-order valence-electron chi connectivity index (χ0n) is 19.0. The maximum Gasteiger partial charge on any atom is 0.328 e. The lowest BCUT2D eigenvalue weighted by Crippen LogP contribution is -2.46. The number of carboxylic acids is 1. The van der Waals surface area contributed by atoms with Crippen molar-refractivity contribution in [2.24, 2.45) is 11.7 Å². The van der Waals surface area contributed by atoms with Gasteiger partial charge in [0.15, 0.2) is 6.10 Å². The molecule has 0 spiro atoms. The van der Waals surface area contributed by atoms with Crippen LogP contribution in [0.1, 0.15) is 35.6 Å². The third kappa shape index (κ3) is 7.85. The van der Waals surface area contributed by atoms with Crippen LogP contribution in [0.5, 0.6) is 5.75 Å². The van der Waals surface area contributed by atoms with E-state index < -0.39 is 24.6 Å². The second-order valence-electron chi connectivity index (χ2n) is 8.13. The van der Waals surface area contributed by atoms with Crippen molar-refractivity contribution in [1.82, 2.24) is 4.90 Å². The number of nitrogens with two attached hydrogens (primary N) is 1. The third-order valence-electron chi connectivity index (χ3n) is 5.70. The summed E-state index contributed by atoms with van der Waals surface area (Å²) < 4.78 is 0. The van der Waals surface area contributed by atoms with Crippen LogP contribution in [-0.4, -0.2) is 63.0 Å². The molecule has 1 amide bonds. The Balaban J connectivity index is 0.000000310. The van der Waals surface area contributed by atoms with E-state index in [2.05, 4.69) is 0 Å². The predicted molar refractivity (Wildman–Crippen MR) is 130 cm³/mol. The molecule has 1 fully saturated rings. The van der Waals surface area contributed by atoms with Gasteiger partial charge in [0.2, 0.25) is 0 Å². The Morgan fingerprint density at radius 3 is 2.38 bits per heavy atom. The van der Waals surface area contributed by atoms with E-state index in [9.17, 15) is 19.8 Å². The first-order valence-electron chi connectivity index (χ1n) is 10.9. The maximum atomic E-state index is 11.8. The van der Waals surface area contributed by atoms with Gasteiger partial charge in [0.05, 0.1) is 6.61 Å². The average molecular weight is 491 g/mol. The van der Waals surface area contributed by atoms with Crippen molar-refractivity contribution in [3.05, 3.63) is 70.3 Å². The molecular weight excluding hydrogens is 460 g/mol. The van der Waals surface area contributed by atoms with Gasteiger partial charge in [0, 0.05) is 35.8 Å². The number of piperidine rings is 1. The van der Waals surface area contributed by atoms with Crippen LogP contribution in [-0.2, 0) is 9.59 Å². The minimum absolute atomic E-state index is 0.106. The van der Waals surface area contributed by atoms with Crippen molar-refractivity contribution >= 4 is 29.6 Å². The number of amides is 1. The van der Waals surface area contributed by atoms with E-state index in [0.29, 0.717) is 36.5 Å². The van der Waals surface area contributed by atoms with Crippen molar-refractivity contribution in [2.75, 3.05) is 19.7 Å². The molecule has 1 heterocycles. The lowest BCUT2D eigenvalue weighted by atomic mass is 9.85. The molecule has 8 nitrogen and oxygen atoms in total. The highest BCUT2D eigenvalue weighted by Crippen LogP contribution is 2.36. The Kier molecular flexibility index (Phi) is 10.5. The highest BCUT2D eigenvalue weighted by Gasteiger charge is 2.30. The number of likely N-dealkylation sites (tertiary alicyclic amines) is 1. The number of rotatable bonds is 6. The molecule has 2 aromatic rings. The van der Waals surface area contributed by atoms with Crippen LogP contribution in [0.4, 0.5) is 0 Å². The van der Waals surface area contributed by atoms with Gasteiger partial charge in [-0.2, -0.15) is 0 Å². The molecule has 184 valence electrons. The molecule has 2 atom stereocenters. The second kappa shape index (κ2) is 13.1. The molecule has 34 heavy (non-hydrogen) atoms. The first-order valence-corrected chi connectivity index (χ1v) is 11.3. The molecule has 1 aliphatic rings. The molecule has 6 N–H and O–H groups in total. The van der Waals surface area contributed by atoms with E-state index in [1.165, 1.54) is 4.90 Å². The van der Waals surface area contributed by atoms with Gasteiger partial charge in [-0.15, -0.1) is 0 Å². The number of benzene rings is 2. The van der Waals surface area contributed by atoms with E-state index >= 15 is 0 Å². The predicted octanol–water partition coefficient (Wildman–Crippen LogP) is 2.73. The molecule has 0 unspecified atom stereocenters. The van der Waals surface area contributed by atoms with Crippen LogP contribution in [0.3, 0.4) is 0 Å². The number of phenolic OH excluding ortho intramolecular Hbond substituents is 1. The Hall–Kier alpha value is -2.91. The lowest BCUT2D eigenvalue weighted by molar-refractivity contribution is -0.143. The number of aryl methyl sites for hydroxylation is 1. The number of hydrogen-bond acceptors (Lipinski definition) is 6. The highest BCUT2D eigenvalue weighted by molar-refractivity contribution is 6.31. The van der Waals surface area contributed by atoms with Crippen LogP contribution >= 0.6 is 11.6 Å². The number of halogens is 1. The van der Waals surface area contributed by atoms with Gasteiger partial charge in [-0.1, -0.05) is 41.9 Å². The molecule has 0 radical (unpaired) electrons. The summed E-state index contributed by atoms with van der Waals surface area (Å²) in [7, 11) is 0. The van der Waals surface area contributed by atoms with Gasteiger partial charge in [-0.05, 0) is 55.0 Å². The van der Waals surface area contributed by atoms with Gasteiger partial charge in [-0.25, -0.2) is 4.79 Å². The number of aromatic hydroxyl groups is 1. The summed E-state index contributed by atoms with van der Waals surface area (Å²) in [6.07, 6.45) is 2.64. The van der Waals surface area contributed by atoms with E-state index in [-0.39, 0.29) is 17.7 Å². The van der Waals surface area contributed by atoms with Crippen LogP contribution in [0.25, 0.3) is 6.08 Å². The van der Waals surface area contributed by atoms with E-state index in [1.807, 2.05) is 37.3 Å². The molecule has 1 saturated heterocycles. The van der Waals surface area contributed by atoms with E-state index in [0.717, 1.165) is 17.2 Å². The molecule has 9 heteroatoms. The monoisotopic (exact) mass is 490 g/mol. The van der Waals surface area contributed by atoms with E-state index in [4.69, 9.17) is 27.5 Å². The summed E-state index contributed by atoms with van der Waals surface area (Å²) in [5.74, 6) is -1.14. The number of carbonyl (C=O) groups excluding carboxylic acids is 1. The van der Waals surface area contributed by atoms with Crippen molar-refractivity contribution < 1.29 is 30.0 Å². The summed E-state index contributed by atoms with van der Waals surface area (Å²) in [4.78, 5) is 23.5. The Morgan fingerprint density at radius 2 is 1.82 bits per heavy atom. The normalized spacial score (nSPS) is 16.0. The number of carboxylic acid groups (broad SMARTS) is 1. The number of nitrogens with zero attached hydrogens (tertiary/aromatic N) is 1. The number of phenols is 1. The Morgan fingerprint density at radius 1 is 1.21 bits per heavy atom. The number of aliphatic carboxylic acids is 1. The lowest BCUT2D eigenvalue weighted by Gasteiger charge is -2.35. The summed E-state index contributed by atoms with van der Waals surface area (Å²) >= 11 is 6.11. The van der Waals surface area contributed by atoms with Gasteiger partial charge < -0.3 is 31.1 Å². The van der Waals surface area contributed by atoms with Crippen LogP contribution in [0, 0.1) is 12.8 Å². The molecule has 0 aromatic heterocycles. The summed E-state index contributed by atoms with van der Waals surface area (Å²) in [6.45, 7) is 2.17. The van der Waals surface area contributed by atoms with Crippen LogP contribution in [0.15, 0.2) is 48.5 Å². The molecule has 1 aliphatic heterocycles. The second-order valence-corrected chi connectivity index (χ2v) is 8.54.